The maximum atomic E-state index is 14.9. The largest absolute Gasteiger partial charge is 0.507 e. The molecule has 3 aliphatic heterocycles. The van der Waals surface area contributed by atoms with Crippen LogP contribution in [0.15, 0.2) is 18.2 Å². The molecule has 204 valence electrons. The molecule has 0 aliphatic carbocycles. The summed E-state index contributed by atoms with van der Waals surface area (Å²) in [5.41, 5.74) is -0.680. The Morgan fingerprint density at radius 3 is 2.61 bits per heavy atom. The fourth-order valence-corrected chi connectivity index (χ4v) is 5.14. The lowest BCUT2D eigenvalue weighted by molar-refractivity contribution is 0.000953. The number of nitrogens with zero attached hydrogens (tertiary/aromatic N) is 4. The standard InChI is InChI=1S/C26H30ClFN4O6/c1-26(2,3)38-25(35)31-7-8-32-15(13-31)14-37-22-19(24(32)34)23(30-9-11-36-12-10-30)29-21(20(22)27)18-16(28)5-4-6-17(18)33/h4-6,15,33H,7-14H2,1-3H3/t15-/m1/s1. The number of hydrogen-bond donors (Lipinski definition) is 1. The molecule has 12 heteroatoms. The number of rotatable bonds is 2. The zero-order valence-corrected chi connectivity index (χ0v) is 22.3. The number of anilines is 1. The highest BCUT2D eigenvalue weighted by molar-refractivity contribution is 6.35. The summed E-state index contributed by atoms with van der Waals surface area (Å²) < 4.78 is 32.0. The molecule has 4 heterocycles. The maximum Gasteiger partial charge on any atom is 0.410 e. The Kier molecular flexibility index (Phi) is 6.99. The molecule has 0 bridgehead atoms. The van der Waals surface area contributed by atoms with Crippen molar-refractivity contribution in [2.75, 3.05) is 57.4 Å². The van der Waals surface area contributed by atoms with Crippen LogP contribution in [0.2, 0.25) is 5.02 Å². The summed E-state index contributed by atoms with van der Waals surface area (Å²) in [6.07, 6.45) is -0.461. The van der Waals surface area contributed by atoms with Crippen molar-refractivity contribution in [3.63, 3.8) is 0 Å². The number of amides is 2. The number of phenolic OH excluding ortho intramolecular Hbond substituents is 1. The number of benzene rings is 1. The van der Waals surface area contributed by atoms with Crippen molar-refractivity contribution in [2.24, 2.45) is 0 Å². The molecule has 2 fully saturated rings. The van der Waals surface area contributed by atoms with Crippen LogP contribution in [0.5, 0.6) is 11.5 Å². The van der Waals surface area contributed by atoms with E-state index in [-0.39, 0.29) is 64.8 Å². The van der Waals surface area contributed by atoms with E-state index in [1.165, 1.54) is 18.2 Å². The molecule has 3 aliphatic rings. The molecule has 5 rings (SSSR count). The Hall–Kier alpha value is -3.31. The third kappa shape index (κ3) is 4.92. The number of pyridine rings is 1. The molecule has 10 nitrogen and oxygen atoms in total. The van der Waals surface area contributed by atoms with Crippen molar-refractivity contribution < 1.29 is 33.3 Å². The monoisotopic (exact) mass is 548 g/mol. The molecule has 38 heavy (non-hydrogen) atoms. The first kappa shape index (κ1) is 26.3. The van der Waals surface area contributed by atoms with Crippen LogP contribution in [0.3, 0.4) is 0 Å². The molecular weight excluding hydrogens is 519 g/mol. The summed E-state index contributed by atoms with van der Waals surface area (Å²) in [4.78, 5) is 36.4. The normalized spacial score (nSPS) is 19.9. The van der Waals surface area contributed by atoms with Gasteiger partial charge in [0.25, 0.3) is 5.91 Å². The highest BCUT2D eigenvalue weighted by Gasteiger charge is 2.41. The van der Waals surface area contributed by atoms with E-state index in [9.17, 15) is 19.1 Å². The summed E-state index contributed by atoms with van der Waals surface area (Å²) in [5, 5.41) is 10.4. The molecular formula is C26H30ClFN4O6. The van der Waals surface area contributed by atoms with Gasteiger partial charge in [0.2, 0.25) is 0 Å². The molecule has 1 N–H and O–H groups in total. The van der Waals surface area contributed by atoms with Gasteiger partial charge in [-0.05, 0) is 32.9 Å². The lowest BCUT2D eigenvalue weighted by Gasteiger charge is -2.40. The van der Waals surface area contributed by atoms with Crippen LogP contribution in [0.4, 0.5) is 15.0 Å². The number of morpholine rings is 1. The fourth-order valence-electron chi connectivity index (χ4n) is 4.86. The lowest BCUT2D eigenvalue weighted by Crippen LogP contribution is -2.58. The second-order valence-corrected chi connectivity index (χ2v) is 10.8. The molecule has 1 atom stereocenters. The van der Waals surface area contributed by atoms with Gasteiger partial charge in [0.15, 0.2) is 5.75 Å². The average Bonchev–Trinajstić information content (AvgIpc) is 3.01. The van der Waals surface area contributed by atoms with Crippen molar-refractivity contribution in [1.82, 2.24) is 14.8 Å². The molecule has 2 aromatic rings. The summed E-state index contributed by atoms with van der Waals surface area (Å²) in [5.74, 6) is -1.03. The Morgan fingerprint density at radius 2 is 1.92 bits per heavy atom. The number of aromatic nitrogens is 1. The van der Waals surface area contributed by atoms with Gasteiger partial charge in [-0.2, -0.15) is 0 Å². The fraction of sp³-hybridized carbons (Fsp3) is 0.500. The van der Waals surface area contributed by atoms with E-state index in [0.717, 1.165) is 0 Å². The minimum atomic E-state index is -0.711. The number of hydrogen-bond acceptors (Lipinski definition) is 8. The number of piperazine rings is 1. The van der Waals surface area contributed by atoms with Crippen LogP contribution in [0.25, 0.3) is 11.3 Å². The van der Waals surface area contributed by atoms with Crippen molar-refractivity contribution in [3.8, 4) is 22.8 Å². The van der Waals surface area contributed by atoms with Gasteiger partial charge >= 0.3 is 6.09 Å². The minimum Gasteiger partial charge on any atom is -0.507 e. The van der Waals surface area contributed by atoms with Gasteiger partial charge < -0.3 is 34.0 Å². The molecule has 1 aromatic heterocycles. The van der Waals surface area contributed by atoms with Crippen molar-refractivity contribution in [3.05, 3.63) is 34.6 Å². The van der Waals surface area contributed by atoms with Crippen molar-refractivity contribution in [2.45, 2.75) is 32.4 Å². The number of carbonyl (C=O) groups is 2. The first-order chi connectivity index (χ1) is 18.0. The second-order valence-electron chi connectivity index (χ2n) is 10.4. The number of aromatic hydroxyl groups is 1. The Balaban J connectivity index is 1.57. The van der Waals surface area contributed by atoms with Crippen LogP contribution in [0.1, 0.15) is 31.1 Å². The minimum absolute atomic E-state index is 0.0226. The number of ether oxygens (including phenoxy) is 3. The van der Waals surface area contributed by atoms with Crippen molar-refractivity contribution >= 4 is 29.4 Å². The smallest absolute Gasteiger partial charge is 0.410 e. The van der Waals surface area contributed by atoms with E-state index < -0.39 is 23.6 Å². The third-order valence-electron chi connectivity index (χ3n) is 6.64. The van der Waals surface area contributed by atoms with Gasteiger partial charge in [0, 0.05) is 32.7 Å². The van der Waals surface area contributed by atoms with Gasteiger partial charge in [-0.1, -0.05) is 17.7 Å². The molecule has 0 unspecified atom stereocenters. The van der Waals surface area contributed by atoms with Gasteiger partial charge in [-0.15, -0.1) is 0 Å². The zero-order valence-electron chi connectivity index (χ0n) is 21.5. The molecule has 0 radical (unpaired) electrons. The van der Waals surface area contributed by atoms with Gasteiger partial charge in [-0.25, -0.2) is 14.2 Å². The Morgan fingerprint density at radius 1 is 1.18 bits per heavy atom. The van der Waals surface area contributed by atoms with Crippen LogP contribution in [0, 0.1) is 5.82 Å². The SMILES string of the molecule is CC(C)(C)OC(=O)N1CCN2C(=O)c3c(N4CCOCC4)nc(-c4c(O)cccc4F)c(Cl)c3OC[C@H]2C1. The third-order valence-corrected chi connectivity index (χ3v) is 6.99. The quantitative estimate of drug-likeness (QED) is 0.608. The highest BCUT2D eigenvalue weighted by Crippen LogP contribution is 2.46. The van der Waals surface area contributed by atoms with Crippen LogP contribution >= 0.6 is 11.6 Å². The molecule has 0 spiro atoms. The van der Waals surface area contributed by atoms with E-state index in [0.29, 0.717) is 32.8 Å². The van der Waals surface area contributed by atoms with Gasteiger partial charge in [0.1, 0.15) is 45.9 Å². The maximum absolute atomic E-state index is 14.9. The number of fused-ring (bicyclic) bond motifs is 2. The predicted molar refractivity (Wildman–Crippen MR) is 137 cm³/mol. The highest BCUT2D eigenvalue weighted by atomic mass is 35.5. The molecule has 2 saturated heterocycles. The van der Waals surface area contributed by atoms with E-state index >= 15 is 0 Å². The predicted octanol–water partition coefficient (Wildman–Crippen LogP) is 3.54. The Bertz CT molecular complexity index is 1240. The first-order valence-corrected chi connectivity index (χ1v) is 12.9. The van der Waals surface area contributed by atoms with E-state index in [4.69, 9.17) is 25.8 Å². The molecule has 1 aromatic carbocycles. The van der Waals surface area contributed by atoms with Crippen LogP contribution in [-0.4, -0.2) is 96.1 Å². The van der Waals surface area contributed by atoms with Gasteiger partial charge in [0.05, 0.1) is 24.8 Å². The molecule has 0 saturated carbocycles. The average molecular weight is 549 g/mol. The lowest BCUT2D eigenvalue weighted by atomic mass is 10.1. The van der Waals surface area contributed by atoms with E-state index in [1.54, 1.807) is 30.6 Å². The number of phenols is 1. The number of carbonyl (C=O) groups excluding carboxylic acids is 2. The molecule has 2 amide bonds. The summed E-state index contributed by atoms with van der Waals surface area (Å²) in [7, 11) is 0. The van der Waals surface area contributed by atoms with E-state index in [1.807, 2.05) is 4.90 Å². The van der Waals surface area contributed by atoms with E-state index in [2.05, 4.69) is 4.98 Å². The van der Waals surface area contributed by atoms with Crippen LogP contribution in [-0.2, 0) is 9.47 Å². The Labute approximate surface area is 224 Å². The summed E-state index contributed by atoms with van der Waals surface area (Å²) in [6.45, 7) is 7.95. The topological polar surface area (TPSA) is 105 Å². The summed E-state index contributed by atoms with van der Waals surface area (Å²) >= 11 is 6.74. The van der Waals surface area contributed by atoms with Crippen LogP contribution < -0.4 is 9.64 Å². The number of halogens is 2. The summed E-state index contributed by atoms with van der Waals surface area (Å²) in [6, 6.07) is 3.46. The first-order valence-electron chi connectivity index (χ1n) is 12.5. The van der Waals surface area contributed by atoms with Crippen molar-refractivity contribution in [1.29, 1.82) is 0 Å². The zero-order chi connectivity index (χ0) is 27.2. The second kappa shape index (κ2) is 10.1. The van der Waals surface area contributed by atoms with Gasteiger partial charge in [-0.3, -0.25) is 4.79 Å².